The third kappa shape index (κ3) is 4.89. The van der Waals surface area contributed by atoms with Gasteiger partial charge < -0.3 is 15.4 Å². The highest BCUT2D eigenvalue weighted by Gasteiger charge is 2.06. The molecule has 0 spiro atoms. The molecule has 2 rings (SSSR count). The summed E-state index contributed by atoms with van der Waals surface area (Å²) in [6.07, 6.45) is 1.51. The third-order valence-corrected chi connectivity index (χ3v) is 3.18. The van der Waals surface area contributed by atoms with Crippen LogP contribution in [-0.2, 0) is 4.74 Å². The van der Waals surface area contributed by atoms with Crippen molar-refractivity contribution >= 4 is 23.2 Å². The van der Waals surface area contributed by atoms with Crippen molar-refractivity contribution in [3.8, 4) is 0 Å². The van der Waals surface area contributed by atoms with Crippen molar-refractivity contribution in [1.29, 1.82) is 0 Å². The van der Waals surface area contributed by atoms with E-state index in [1.54, 1.807) is 31.4 Å². The Kier molecular flexibility index (Phi) is 5.82. The Morgan fingerprint density at radius 1 is 1.09 bits per heavy atom. The van der Waals surface area contributed by atoms with Gasteiger partial charge in [-0.05, 0) is 43.3 Å². The topological polar surface area (TPSA) is 80.3 Å². The van der Waals surface area contributed by atoms with Gasteiger partial charge >= 0.3 is 0 Å². The number of hydrogen-bond donors (Lipinski definition) is 2. The molecule has 1 aromatic heterocycles. The number of benzene rings is 1. The van der Waals surface area contributed by atoms with Crippen molar-refractivity contribution in [2.75, 3.05) is 25.6 Å². The van der Waals surface area contributed by atoms with Crippen LogP contribution in [0.5, 0.6) is 0 Å². The Morgan fingerprint density at radius 3 is 2.35 bits per heavy atom. The van der Waals surface area contributed by atoms with Crippen molar-refractivity contribution in [2.45, 2.75) is 6.92 Å². The number of hydrogen-bond acceptors (Lipinski definition) is 5. The van der Waals surface area contributed by atoms with Gasteiger partial charge in [0.05, 0.1) is 12.2 Å². The molecule has 6 heteroatoms. The van der Waals surface area contributed by atoms with Crippen molar-refractivity contribution in [1.82, 2.24) is 10.3 Å². The van der Waals surface area contributed by atoms with E-state index >= 15 is 0 Å². The molecule has 0 aliphatic rings. The number of ketones is 1. The molecular formula is C17H19N3O3. The zero-order valence-electron chi connectivity index (χ0n) is 13.1. The lowest BCUT2D eigenvalue weighted by molar-refractivity contribution is 0.0936. The number of anilines is 2. The average molecular weight is 313 g/mol. The minimum atomic E-state index is -0.188. The number of nitrogens with one attached hydrogen (secondary N) is 2. The van der Waals surface area contributed by atoms with Crippen LogP contribution in [0.4, 0.5) is 11.5 Å². The molecule has 23 heavy (non-hydrogen) atoms. The second-order valence-electron chi connectivity index (χ2n) is 4.94. The summed E-state index contributed by atoms with van der Waals surface area (Å²) in [5.41, 5.74) is 1.96. The lowest BCUT2D eigenvalue weighted by Gasteiger charge is -2.08. The van der Waals surface area contributed by atoms with E-state index in [0.29, 0.717) is 30.1 Å². The van der Waals surface area contributed by atoms with Gasteiger partial charge in [0.25, 0.3) is 5.91 Å². The first kappa shape index (κ1) is 16.6. The summed E-state index contributed by atoms with van der Waals surface area (Å²) in [4.78, 5) is 27.3. The lowest BCUT2D eigenvalue weighted by Crippen LogP contribution is -2.26. The number of rotatable bonds is 7. The van der Waals surface area contributed by atoms with Crippen LogP contribution in [0, 0.1) is 0 Å². The molecule has 0 bridgehead atoms. The van der Waals surface area contributed by atoms with Crippen LogP contribution in [0.1, 0.15) is 27.6 Å². The molecule has 0 saturated heterocycles. The predicted octanol–water partition coefficient (Wildman–Crippen LogP) is 2.40. The third-order valence-electron chi connectivity index (χ3n) is 3.18. The van der Waals surface area contributed by atoms with Crippen molar-refractivity contribution in [3.05, 3.63) is 53.7 Å². The SMILES string of the molecule is COCCNC(=O)c1ccc(Nc2ccc(C(C)=O)cc2)nc1. The maximum atomic E-state index is 11.8. The maximum Gasteiger partial charge on any atom is 0.252 e. The van der Waals surface area contributed by atoms with Crippen LogP contribution in [0.3, 0.4) is 0 Å². The predicted molar refractivity (Wildman–Crippen MR) is 88.2 cm³/mol. The first-order chi connectivity index (χ1) is 11.1. The van der Waals surface area contributed by atoms with Gasteiger partial charge in [-0.3, -0.25) is 9.59 Å². The number of carbonyl (C=O) groups is 2. The summed E-state index contributed by atoms with van der Waals surface area (Å²) >= 11 is 0. The maximum absolute atomic E-state index is 11.8. The fourth-order valence-corrected chi connectivity index (χ4v) is 1.91. The van der Waals surface area contributed by atoms with E-state index in [-0.39, 0.29) is 11.7 Å². The Bertz CT molecular complexity index is 666. The zero-order valence-corrected chi connectivity index (χ0v) is 13.1. The van der Waals surface area contributed by atoms with Crippen LogP contribution < -0.4 is 10.6 Å². The van der Waals surface area contributed by atoms with E-state index in [1.807, 2.05) is 12.1 Å². The number of carbonyl (C=O) groups excluding carboxylic acids is 2. The molecule has 2 aromatic rings. The molecule has 1 amide bonds. The second kappa shape index (κ2) is 8.05. The molecule has 6 nitrogen and oxygen atoms in total. The van der Waals surface area contributed by atoms with Crippen LogP contribution in [-0.4, -0.2) is 36.9 Å². The summed E-state index contributed by atoms with van der Waals surface area (Å²) in [6.45, 7) is 2.45. The van der Waals surface area contributed by atoms with E-state index < -0.39 is 0 Å². The van der Waals surface area contributed by atoms with Crippen LogP contribution in [0.15, 0.2) is 42.6 Å². The summed E-state index contributed by atoms with van der Waals surface area (Å²) in [5, 5.41) is 5.84. The molecule has 0 unspecified atom stereocenters. The highest BCUT2D eigenvalue weighted by Crippen LogP contribution is 2.15. The molecular weight excluding hydrogens is 294 g/mol. The Labute approximate surface area is 134 Å². The van der Waals surface area contributed by atoms with Gasteiger partial charge in [0.1, 0.15) is 5.82 Å². The normalized spacial score (nSPS) is 10.2. The van der Waals surface area contributed by atoms with Gasteiger partial charge in [0.2, 0.25) is 0 Å². The number of aromatic nitrogens is 1. The molecule has 1 heterocycles. The average Bonchev–Trinajstić information content (AvgIpc) is 2.56. The highest BCUT2D eigenvalue weighted by atomic mass is 16.5. The van der Waals surface area contributed by atoms with Crippen LogP contribution >= 0.6 is 0 Å². The summed E-state index contributed by atoms with van der Waals surface area (Å²) in [7, 11) is 1.58. The summed E-state index contributed by atoms with van der Waals surface area (Å²) in [5.74, 6) is 0.458. The van der Waals surface area contributed by atoms with Gasteiger partial charge in [-0.25, -0.2) is 4.98 Å². The number of ether oxygens (including phenoxy) is 1. The summed E-state index contributed by atoms with van der Waals surface area (Å²) < 4.78 is 4.88. The Balaban J connectivity index is 1.96. The lowest BCUT2D eigenvalue weighted by atomic mass is 10.1. The Hall–Kier alpha value is -2.73. The monoisotopic (exact) mass is 313 g/mol. The second-order valence-corrected chi connectivity index (χ2v) is 4.94. The highest BCUT2D eigenvalue weighted by molar-refractivity contribution is 5.94. The quantitative estimate of drug-likeness (QED) is 0.606. The fraction of sp³-hybridized carbons (Fsp3) is 0.235. The molecule has 1 aromatic carbocycles. The Morgan fingerprint density at radius 2 is 1.78 bits per heavy atom. The molecule has 2 N–H and O–H groups in total. The molecule has 0 aliphatic heterocycles. The number of methoxy groups -OCH3 is 1. The largest absolute Gasteiger partial charge is 0.383 e. The van der Waals surface area contributed by atoms with Gasteiger partial charge in [-0.1, -0.05) is 0 Å². The van der Waals surface area contributed by atoms with Crippen molar-refractivity contribution in [2.24, 2.45) is 0 Å². The molecule has 0 saturated carbocycles. The van der Waals surface area contributed by atoms with Crippen molar-refractivity contribution in [3.63, 3.8) is 0 Å². The molecule has 120 valence electrons. The number of amides is 1. The zero-order chi connectivity index (χ0) is 16.7. The number of nitrogens with zero attached hydrogens (tertiary/aromatic N) is 1. The van der Waals surface area contributed by atoms with E-state index in [1.165, 1.54) is 13.1 Å². The number of Topliss-reactive ketones (excluding diaryl/α,β-unsaturated/α-hetero) is 1. The van der Waals surface area contributed by atoms with E-state index in [4.69, 9.17) is 4.74 Å². The first-order valence-corrected chi connectivity index (χ1v) is 7.21. The molecule has 0 aliphatic carbocycles. The van der Waals surface area contributed by atoms with Gasteiger partial charge in [0, 0.05) is 31.1 Å². The molecule has 0 atom stereocenters. The van der Waals surface area contributed by atoms with Gasteiger partial charge in [-0.15, -0.1) is 0 Å². The van der Waals surface area contributed by atoms with Crippen LogP contribution in [0.2, 0.25) is 0 Å². The summed E-state index contributed by atoms with van der Waals surface area (Å²) in [6, 6.07) is 10.5. The molecule has 0 radical (unpaired) electrons. The standard InChI is InChI=1S/C17H19N3O3/c1-12(21)13-3-6-15(7-4-13)20-16-8-5-14(11-19-16)17(22)18-9-10-23-2/h3-8,11H,9-10H2,1-2H3,(H,18,22)(H,19,20). The first-order valence-electron chi connectivity index (χ1n) is 7.21. The molecule has 0 fully saturated rings. The van der Waals surface area contributed by atoms with Crippen LogP contribution in [0.25, 0.3) is 0 Å². The van der Waals surface area contributed by atoms with E-state index in [2.05, 4.69) is 15.6 Å². The smallest absolute Gasteiger partial charge is 0.252 e. The fourth-order valence-electron chi connectivity index (χ4n) is 1.91. The van der Waals surface area contributed by atoms with Crippen molar-refractivity contribution < 1.29 is 14.3 Å². The van der Waals surface area contributed by atoms with Gasteiger partial charge in [-0.2, -0.15) is 0 Å². The van der Waals surface area contributed by atoms with Gasteiger partial charge in [0.15, 0.2) is 5.78 Å². The minimum Gasteiger partial charge on any atom is -0.383 e. The van der Waals surface area contributed by atoms with E-state index in [0.717, 1.165) is 5.69 Å². The minimum absolute atomic E-state index is 0.0264. The van der Waals surface area contributed by atoms with E-state index in [9.17, 15) is 9.59 Å². The number of pyridine rings is 1.